The molecule has 0 unspecified atom stereocenters. The summed E-state index contributed by atoms with van der Waals surface area (Å²) < 4.78 is 16.5. The third-order valence-corrected chi connectivity index (χ3v) is 5.25. The molecule has 2 aliphatic heterocycles. The van der Waals surface area contributed by atoms with Gasteiger partial charge in [-0.25, -0.2) is 0 Å². The second-order valence-corrected chi connectivity index (χ2v) is 6.96. The number of benzene rings is 3. The first-order valence-corrected chi connectivity index (χ1v) is 9.42. The standard InChI is InChI=1S/C23H20N2O4/c1-27-19-9-5-3-7-17(19)22-24-18-8-4-2-6-16(18)23(26)25(22)13-15-10-11-20-21(12-15)29-14-28-20/h2-12,22,24H,13-14H2,1H3/t22-/m1/s1. The normalized spacial score (nSPS) is 16.9. The summed E-state index contributed by atoms with van der Waals surface area (Å²) in [6, 6.07) is 21.1. The number of ether oxygens (including phenoxy) is 3. The zero-order chi connectivity index (χ0) is 19.8. The lowest BCUT2D eigenvalue weighted by Gasteiger charge is -2.38. The fraction of sp³-hybridized carbons (Fsp3) is 0.174. The van der Waals surface area contributed by atoms with Gasteiger partial charge >= 0.3 is 0 Å². The van der Waals surface area contributed by atoms with Crippen LogP contribution in [0.3, 0.4) is 0 Å². The minimum absolute atomic E-state index is 0.0343. The molecule has 0 fully saturated rings. The van der Waals surface area contributed by atoms with Crippen molar-refractivity contribution in [3.05, 3.63) is 83.4 Å². The molecule has 1 amide bonds. The molecule has 29 heavy (non-hydrogen) atoms. The minimum atomic E-state index is -0.362. The van der Waals surface area contributed by atoms with Gasteiger partial charge in [-0.1, -0.05) is 36.4 Å². The Balaban J connectivity index is 1.56. The number of rotatable bonds is 4. The van der Waals surface area contributed by atoms with Crippen molar-refractivity contribution in [1.29, 1.82) is 0 Å². The summed E-state index contributed by atoms with van der Waals surface area (Å²) in [6.45, 7) is 0.639. The van der Waals surface area contributed by atoms with Crippen LogP contribution in [0.2, 0.25) is 0 Å². The van der Waals surface area contributed by atoms with E-state index < -0.39 is 0 Å². The fourth-order valence-corrected chi connectivity index (χ4v) is 3.83. The summed E-state index contributed by atoms with van der Waals surface area (Å²) in [4.78, 5) is 15.2. The Morgan fingerprint density at radius 1 is 1.03 bits per heavy atom. The maximum atomic E-state index is 13.4. The van der Waals surface area contributed by atoms with Crippen molar-refractivity contribution in [3.8, 4) is 17.2 Å². The molecule has 0 bridgehead atoms. The Hall–Kier alpha value is -3.67. The highest BCUT2D eigenvalue weighted by Gasteiger charge is 2.34. The number of hydrogen-bond acceptors (Lipinski definition) is 5. The largest absolute Gasteiger partial charge is 0.496 e. The molecule has 1 N–H and O–H groups in total. The molecule has 146 valence electrons. The van der Waals surface area contributed by atoms with Gasteiger partial charge in [0.05, 0.1) is 12.7 Å². The lowest BCUT2D eigenvalue weighted by atomic mass is 10.0. The maximum absolute atomic E-state index is 13.4. The van der Waals surface area contributed by atoms with Gasteiger partial charge in [-0.05, 0) is 35.9 Å². The number of nitrogens with one attached hydrogen (secondary N) is 1. The molecule has 0 aliphatic carbocycles. The van der Waals surface area contributed by atoms with Crippen LogP contribution in [0.5, 0.6) is 17.2 Å². The third-order valence-electron chi connectivity index (χ3n) is 5.25. The van der Waals surface area contributed by atoms with Gasteiger partial charge in [-0.3, -0.25) is 4.79 Å². The van der Waals surface area contributed by atoms with Crippen LogP contribution in [0.4, 0.5) is 5.69 Å². The zero-order valence-corrected chi connectivity index (χ0v) is 15.9. The van der Waals surface area contributed by atoms with Crippen LogP contribution < -0.4 is 19.5 Å². The molecule has 3 aromatic rings. The summed E-state index contributed by atoms with van der Waals surface area (Å²) in [7, 11) is 1.64. The molecule has 2 aliphatic rings. The van der Waals surface area contributed by atoms with Crippen molar-refractivity contribution in [2.45, 2.75) is 12.7 Å². The van der Waals surface area contributed by atoms with Gasteiger partial charge < -0.3 is 24.4 Å². The van der Waals surface area contributed by atoms with Gasteiger partial charge in [0.2, 0.25) is 6.79 Å². The number of nitrogens with zero attached hydrogens (tertiary/aromatic N) is 1. The van der Waals surface area contributed by atoms with Crippen molar-refractivity contribution < 1.29 is 19.0 Å². The predicted molar refractivity (Wildman–Crippen MR) is 108 cm³/mol. The van der Waals surface area contributed by atoms with E-state index in [2.05, 4.69) is 5.32 Å². The maximum Gasteiger partial charge on any atom is 0.258 e. The Morgan fingerprint density at radius 2 is 1.83 bits per heavy atom. The van der Waals surface area contributed by atoms with E-state index in [1.54, 1.807) is 7.11 Å². The first-order valence-electron chi connectivity index (χ1n) is 9.42. The van der Waals surface area contributed by atoms with E-state index in [9.17, 15) is 4.79 Å². The molecule has 0 saturated carbocycles. The lowest BCUT2D eigenvalue weighted by Crippen LogP contribution is -2.42. The molecule has 2 heterocycles. The number of anilines is 1. The van der Waals surface area contributed by atoms with Gasteiger partial charge in [0.1, 0.15) is 11.9 Å². The Labute approximate surface area is 168 Å². The molecular formula is C23H20N2O4. The number of amides is 1. The van der Waals surface area contributed by atoms with Crippen LogP contribution in [-0.2, 0) is 6.54 Å². The van der Waals surface area contributed by atoms with Crippen molar-refractivity contribution in [3.63, 3.8) is 0 Å². The summed E-state index contributed by atoms with van der Waals surface area (Å²) in [6.07, 6.45) is -0.362. The SMILES string of the molecule is COc1ccccc1[C@@H]1Nc2ccccc2C(=O)N1Cc1ccc2c(c1)OCO2. The number of carbonyl (C=O) groups excluding carboxylic acids is 1. The van der Waals surface area contributed by atoms with Crippen molar-refractivity contribution in [1.82, 2.24) is 4.90 Å². The van der Waals surface area contributed by atoms with Gasteiger partial charge in [-0.15, -0.1) is 0 Å². The lowest BCUT2D eigenvalue weighted by molar-refractivity contribution is 0.0664. The topological polar surface area (TPSA) is 60.0 Å². The Kier molecular flexibility index (Phi) is 4.24. The monoisotopic (exact) mass is 388 g/mol. The number of para-hydroxylation sites is 2. The van der Waals surface area contributed by atoms with Gasteiger partial charge in [0.15, 0.2) is 11.5 Å². The van der Waals surface area contributed by atoms with Crippen LogP contribution in [-0.4, -0.2) is 24.7 Å². The number of carbonyl (C=O) groups is 1. The second-order valence-electron chi connectivity index (χ2n) is 6.96. The first kappa shape index (κ1) is 17.4. The molecule has 0 saturated heterocycles. The van der Waals surface area contributed by atoms with E-state index in [4.69, 9.17) is 14.2 Å². The molecule has 0 radical (unpaired) electrons. The smallest absolute Gasteiger partial charge is 0.258 e. The first-order chi connectivity index (χ1) is 14.2. The summed E-state index contributed by atoms with van der Waals surface area (Å²) in [5.41, 5.74) is 3.33. The second kappa shape index (κ2) is 7.05. The van der Waals surface area contributed by atoms with E-state index >= 15 is 0 Å². The van der Waals surface area contributed by atoms with Crippen LogP contribution >= 0.6 is 0 Å². The molecule has 6 nitrogen and oxygen atoms in total. The van der Waals surface area contributed by atoms with E-state index in [1.165, 1.54) is 0 Å². The molecule has 3 aromatic carbocycles. The van der Waals surface area contributed by atoms with Crippen LogP contribution in [0.25, 0.3) is 0 Å². The van der Waals surface area contributed by atoms with Crippen molar-refractivity contribution in [2.75, 3.05) is 19.2 Å². The quantitative estimate of drug-likeness (QED) is 0.726. The van der Waals surface area contributed by atoms with Crippen molar-refractivity contribution in [2.24, 2.45) is 0 Å². The molecule has 0 aromatic heterocycles. The fourth-order valence-electron chi connectivity index (χ4n) is 3.83. The van der Waals surface area contributed by atoms with Crippen LogP contribution in [0, 0.1) is 0 Å². The van der Waals surface area contributed by atoms with E-state index in [0.717, 1.165) is 28.3 Å². The zero-order valence-electron chi connectivity index (χ0n) is 15.9. The average Bonchev–Trinajstić information content (AvgIpc) is 3.23. The van der Waals surface area contributed by atoms with Crippen molar-refractivity contribution >= 4 is 11.6 Å². The summed E-state index contributed by atoms with van der Waals surface area (Å²) >= 11 is 0. The molecular weight excluding hydrogens is 368 g/mol. The number of hydrogen-bond donors (Lipinski definition) is 1. The number of methoxy groups -OCH3 is 1. The van der Waals surface area contributed by atoms with E-state index in [1.807, 2.05) is 71.6 Å². The van der Waals surface area contributed by atoms with Crippen LogP contribution in [0.15, 0.2) is 66.7 Å². The van der Waals surface area contributed by atoms with Gasteiger partial charge in [0.25, 0.3) is 5.91 Å². The average molecular weight is 388 g/mol. The number of fused-ring (bicyclic) bond motifs is 2. The van der Waals surface area contributed by atoms with E-state index in [-0.39, 0.29) is 18.9 Å². The van der Waals surface area contributed by atoms with Gasteiger partial charge in [-0.2, -0.15) is 0 Å². The third kappa shape index (κ3) is 3.02. The Morgan fingerprint density at radius 3 is 2.72 bits per heavy atom. The molecule has 1 atom stereocenters. The highest BCUT2D eigenvalue weighted by atomic mass is 16.7. The summed E-state index contributed by atoms with van der Waals surface area (Å²) in [5, 5.41) is 3.51. The molecule has 0 spiro atoms. The summed E-state index contributed by atoms with van der Waals surface area (Å²) in [5.74, 6) is 2.12. The predicted octanol–water partition coefficient (Wildman–Crippen LogP) is 4.19. The molecule has 6 heteroatoms. The van der Waals surface area contributed by atoms with Crippen LogP contribution in [0.1, 0.15) is 27.7 Å². The highest BCUT2D eigenvalue weighted by molar-refractivity contribution is 6.01. The van der Waals surface area contributed by atoms with E-state index in [0.29, 0.717) is 17.9 Å². The Bertz CT molecular complexity index is 1080. The van der Waals surface area contributed by atoms with Gasteiger partial charge in [0, 0.05) is 17.8 Å². The highest BCUT2D eigenvalue weighted by Crippen LogP contribution is 2.39. The molecule has 5 rings (SSSR count). The minimum Gasteiger partial charge on any atom is -0.496 e.